The molecule has 1 aromatic rings. The standard InChI is InChI=1S/C11H13.BF3.K/c1-2-6-10(7-3-1)11-8-4-5-9-11;2-1(3)4;/h1-3,6-8,11H,4-5,9H2;;/q-1;;+1/t11-;;/m0../s1. The van der Waals surface area contributed by atoms with Gasteiger partial charge in [-0.25, -0.2) is 0 Å². The van der Waals surface area contributed by atoms with Crippen LogP contribution in [0, 0.1) is 6.42 Å². The Morgan fingerprint density at radius 1 is 1.12 bits per heavy atom. The Morgan fingerprint density at radius 3 is 2.12 bits per heavy atom. The van der Waals surface area contributed by atoms with E-state index in [0.717, 1.165) is 5.92 Å². The van der Waals surface area contributed by atoms with Gasteiger partial charge in [-0.15, -0.1) is 5.92 Å². The van der Waals surface area contributed by atoms with Crippen molar-refractivity contribution in [2.75, 3.05) is 0 Å². The SMILES string of the molecule is FB(F)F.[K+].c1ccc([C@H]2[CH-]CCC2)cc1. The summed E-state index contributed by atoms with van der Waals surface area (Å²) in [5, 5.41) is 0. The first-order valence-corrected chi connectivity index (χ1v) is 5.00. The van der Waals surface area contributed by atoms with Crippen molar-refractivity contribution in [1.29, 1.82) is 0 Å². The molecule has 0 aliphatic heterocycles. The largest absolute Gasteiger partial charge is 1.00 e. The zero-order valence-electron chi connectivity index (χ0n) is 9.37. The molecular formula is C11H13BF3K. The molecule has 82 valence electrons. The maximum Gasteiger partial charge on any atom is 1.00 e. The molecule has 5 heteroatoms. The minimum atomic E-state index is -3.67. The number of benzene rings is 1. The van der Waals surface area contributed by atoms with E-state index in [-0.39, 0.29) is 51.4 Å². The number of halogens is 3. The second-order valence-corrected chi connectivity index (χ2v) is 3.43. The number of hydrogen-bond acceptors (Lipinski definition) is 0. The molecule has 0 radical (unpaired) electrons. The van der Waals surface area contributed by atoms with Crippen LogP contribution in [0.3, 0.4) is 0 Å². The van der Waals surface area contributed by atoms with Crippen LogP contribution in [-0.4, -0.2) is 7.54 Å². The topological polar surface area (TPSA) is 0 Å². The molecule has 0 heterocycles. The van der Waals surface area contributed by atoms with Crippen molar-refractivity contribution in [2.24, 2.45) is 0 Å². The van der Waals surface area contributed by atoms with Crippen LogP contribution < -0.4 is 51.4 Å². The molecule has 1 aliphatic rings. The monoisotopic (exact) mass is 252 g/mol. The molecule has 0 bridgehead atoms. The smallest absolute Gasteiger partial charge is 0.321 e. The van der Waals surface area contributed by atoms with Crippen molar-refractivity contribution in [1.82, 2.24) is 0 Å². The summed E-state index contributed by atoms with van der Waals surface area (Å²) in [5.41, 5.74) is 1.49. The normalized spacial score (nSPS) is 18.1. The number of hydrogen-bond donors (Lipinski definition) is 0. The number of rotatable bonds is 1. The van der Waals surface area contributed by atoms with Gasteiger partial charge >= 0.3 is 58.9 Å². The molecule has 0 unspecified atom stereocenters. The summed E-state index contributed by atoms with van der Waals surface area (Å²) in [6.07, 6.45) is 6.47. The van der Waals surface area contributed by atoms with E-state index in [1.54, 1.807) is 0 Å². The first kappa shape index (κ1) is 16.7. The maximum absolute atomic E-state index is 9.67. The van der Waals surface area contributed by atoms with Crippen molar-refractivity contribution in [3.05, 3.63) is 42.3 Å². The van der Waals surface area contributed by atoms with Gasteiger partial charge < -0.3 is 6.42 Å². The molecule has 0 saturated heterocycles. The third kappa shape index (κ3) is 7.12. The Morgan fingerprint density at radius 2 is 1.69 bits per heavy atom. The fraction of sp³-hybridized carbons (Fsp3) is 0.364. The van der Waals surface area contributed by atoms with Gasteiger partial charge in [-0.1, -0.05) is 48.7 Å². The summed E-state index contributed by atoms with van der Waals surface area (Å²) in [4.78, 5) is 0. The Hall–Kier alpha value is 0.711. The maximum atomic E-state index is 9.67. The van der Waals surface area contributed by atoms with E-state index in [2.05, 4.69) is 36.8 Å². The molecule has 0 aromatic heterocycles. The Labute approximate surface area is 138 Å². The first-order chi connectivity index (χ1) is 7.20. The Bertz CT molecular complexity index is 260. The van der Waals surface area contributed by atoms with Crippen LogP contribution in [0.25, 0.3) is 0 Å². The molecule has 1 atom stereocenters. The molecule has 0 amide bonds. The van der Waals surface area contributed by atoms with Gasteiger partial charge in [0.25, 0.3) is 0 Å². The van der Waals surface area contributed by atoms with E-state index < -0.39 is 7.54 Å². The second kappa shape index (κ2) is 9.71. The van der Waals surface area contributed by atoms with Crippen LogP contribution in [0.15, 0.2) is 30.3 Å². The van der Waals surface area contributed by atoms with E-state index in [1.165, 1.54) is 24.8 Å². The van der Waals surface area contributed by atoms with Gasteiger partial charge in [0.2, 0.25) is 0 Å². The fourth-order valence-electron chi connectivity index (χ4n) is 1.78. The van der Waals surface area contributed by atoms with Gasteiger partial charge in [-0.2, -0.15) is 6.42 Å². The zero-order valence-corrected chi connectivity index (χ0v) is 12.5. The van der Waals surface area contributed by atoms with E-state index in [4.69, 9.17) is 0 Å². The molecule has 0 nitrogen and oxygen atoms in total. The Kier molecular flexibility index (Phi) is 10.1. The predicted molar refractivity (Wildman–Crippen MR) is 56.4 cm³/mol. The fourth-order valence-corrected chi connectivity index (χ4v) is 1.78. The van der Waals surface area contributed by atoms with Gasteiger partial charge in [0.1, 0.15) is 0 Å². The molecule has 2 rings (SSSR count). The summed E-state index contributed by atoms with van der Waals surface area (Å²) in [6, 6.07) is 10.8. The van der Waals surface area contributed by atoms with E-state index >= 15 is 0 Å². The molecule has 1 fully saturated rings. The molecule has 1 aromatic carbocycles. The van der Waals surface area contributed by atoms with Crippen LogP contribution in [0.4, 0.5) is 12.9 Å². The minimum absolute atomic E-state index is 0. The molecular weight excluding hydrogens is 239 g/mol. The summed E-state index contributed by atoms with van der Waals surface area (Å²) in [5.74, 6) is 0.746. The molecule has 1 aliphatic carbocycles. The average molecular weight is 252 g/mol. The third-order valence-electron chi connectivity index (χ3n) is 2.40. The molecule has 0 N–H and O–H groups in total. The molecule has 16 heavy (non-hydrogen) atoms. The van der Waals surface area contributed by atoms with Crippen LogP contribution in [0.5, 0.6) is 0 Å². The van der Waals surface area contributed by atoms with Gasteiger partial charge in [0.15, 0.2) is 0 Å². The van der Waals surface area contributed by atoms with E-state index in [9.17, 15) is 12.9 Å². The summed E-state index contributed by atoms with van der Waals surface area (Å²) in [6.45, 7) is 0. The van der Waals surface area contributed by atoms with Crippen LogP contribution in [0.1, 0.15) is 30.7 Å². The van der Waals surface area contributed by atoms with E-state index in [1.807, 2.05) is 0 Å². The summed E-state index contributed by atoms with van der Waals surface area (Å²) >= 11 is 0. The second-order valence-electron chi connectivity index (χ2n) is 3.43. The predicted octanol–water partition coefficient (Wildman–Crippen LogP) is 1.04. The van der Waals surface area contributed by atoms with Gasteiger partial charge in [0.05, 0.1) is 0 Å². The zero-order chi connectivity index (χ0) is 11.1. The molecule has 0 spiro atoms. The summed E-state index contributed by atoms with van der Waals surface area (Å²) in [7, 11) is -3.67. The van der Waals surface area contributed by atoms with E-state index in [0.29, 0.717) is 0 Å². The van der Waals surface area contributed by atoms with Crippen molar-refractivity contribution in [3.8, 4) is 0 Å². The quantitative estimate of drug-likeness (QED) is 0.517. The third-order valence-corrected chi connectivity index (χ3v) is 2.40. The van der Waals surface area contributed by atoms with Crippen molar-refractivity contribution in [3.63, 3.8) is 0 Å². The van der Waals surface area contributed by atoms with Crippen LogP contribution in [-0.2, 0) is 0 Å². The molecule has 1 saturated carbocycles. The minimum Gasteiger partial charge on any atom is -0.321 e. The van der Waals surface area contributed by atoms with Gasteiger partial charge in [0, 0.05) is 0 Å². The van der Waals surface area contributed by atoms with Crippen LogP contribution >= 0.6 is 0 Å². The average Bonchev–Trinajstić information content (AvgIpc) is 2.71. The summed E-state index contributed by atoms with van der Waals surface area (Å²) < 4.78 is 29.0. The van der Waals surface area contributed by atoms with Gasteiger partial charge in [-0.3, -0.25) is 12.9 Å². The Balaban J connectivity index is 0.000000397. The van der Waals surface area contributed by atoms with Crippen LogP contribution in [0.2, 0.25) is 0 Å². The van der Waals surface area contributed by atoms with Crippen molar-refractivity contribution >= 4 is 7.54 Å². The first-order valence-electron chi connectivity index (χ1n) is 5.00. The van der Waals surface area contributed by atoms with Crippen molar-refractivity contribution in [2.45, 2.75) is 25.2 Å². The van der Waals surface area contributed by atoms with Gasteiger partial charge in [-0.05, 0) is 0 Å². The van der Waals surface area contributed by atoms with Crippen molar-refractivity contribution < 1.29 is 64.3 Å².